The molecular formula is C25H26F2N6O. The Kier molecular flexibility index (Phi) is 6.08. The van der Waals surface area contributed by atoms with Crippen molar-refractivity contribution in [1.29, 1.82) is 0 Å². The van der Waals surface area contributed by atoms with E-state index in [4.69, 9.17) is 9.84 Å². The quantitative estimate of drug-likeness (QED) is 0.408. The molecule has 4 heterocycles. The molecule has 7 nitrogen and oxygen atoms in total. The summed E-state index contributed by atoms with van der Waals surface area (Å²) in [4.78, 5) is 12.5. The van der Waals surface area contributed by atoms with Crippen LogP contribution in [0.2, 0.25) is 0 Å². The molecule has 0 radical (unpaired) electrons. The number of nitrogens with zero attached hydrogens (tertiary/aromatic N) is 5. The zero-order valence-electron chi connectivity index (χ0n) is 19.1. The third-order valence-electron chi connectivity index (χ3n) is 6.25. The predicted octanol–water partition coefficient (Wildman–Crippen LogP) is 5.47. The summed E-state index contributed by atoms with van der Waals surface area (Å²) in [5.74, 6) is 0.0138. The third-order valence-corrected chi connectivity index (χ3v) is 6.25. The SMILES string of the molecule is CCNc1cc2c(cn1)c(-c1cncc(F)c1)nn2C1CCC(Oc2nccc(C)c2F)CC1. The van der Waals surface area contributed by atoms with Crippen LogP contribution in [0.3, 0.4) is 0 Å². The Morgan fingerprint density at radius 3 is 2.68 bits per heavy atom. The molecule has 0 amide bonds. The fraction of sp³-hybridized carbons (Fsp3) is 0.360. The van der Waals surface area contributed by atoms with E-state index >= 15 is 0 Å². The van der Waals surface area contributed by atoms with E-state index in [1.165, 1.54) is 12.3 Å². The zero-order chi connectivity index (χ0) is 23.7. The molecular weight excluding hydrogens is 438 g/mol. The topological polar surface area (TPSA) is 77.8 Å². The van der Waals surface area contributed by atoms with Gasteiger partial charge in [-0.25, -0.2) is 18.7 Å². The molecule has 0 spiro atoms. The van der Waals surface area contributed by atoms with Crippen molar-refractivity contribution in [2.45, 2.75) is 51.7 Å². The van der Waals surface area contributed by atoms with Crippen LogP contribution >= 0.6 is 0 Å². The van der Waals surface area contributed by atoms with Gasteiger partial charge in [0.15, 0.2) is 5.82 Å². The van der Waals surface area contributed by atoms with Crippen LogP contribution in [0.25, 0.3) is 22.2 Å². The highest BCUT2D eigenvalue weighted by Crippen LogP contribution is 2.36. The van der Waals surface area contributed by atoms with Crippen LogP contribution in [0.5, 0.6) is 5.88 Å². The average Bonchev–Trinajstić information content (AvgIpc) is 3.22. The molecule has 0 unspecified atom stereocenters. The number of rotatable bonds is 6. The molecule has 1 aliphatic carbocycles. The standard InChI is InChI=1S/C25H26F2N6O/c1-3-29-22-11-21-20(14-31-22)24(16-10-17(26)13-28-12-16)32-33(21)18-4-6-19(7-5-18)34-25-23(27)15(2)8-9-30-25/h8-14,18-19H,3-7H2,1-2H3,(H,29,31). The molecule has 0 aliphatic heterocycles. The van der Waals surface area contributed by atoms with Crippen LogP contribution in [0.4, 0.5) is 14.6 Å². The second-order valence-corrected chi connectivity index (χ2v) is 8.60. The Labute approximate surface area is 196 Å². The van der Waals surface area contributed by atoms with Crippen molar-refractivity contribution in [1.82, 2.24) is 24.7 Å². The normalized spacial score (nSPS) is 18.2. The molecule has 1 saturated carbocycles. The van der Waals surface area contributed by atoms with E-state index in [0.29, 0.717) is 16.8 Å². The van der Waals surface area contributed by atoms with Crippen LogP contribution in [-0.4, -0.2) is 37.4 Å². The highest BCUT2D eigenvalue weighted by molar-refractivity contribution is 5.93. The van der Waals surface area contributed by atoms with Gasteiger partial charge in [0.25, 0.3) is 5.88 Å². The Morgan fingerprint density at radius 1 is 1.09 bits per heavy atom. The summed E-state index contributed by atoms with van der Waals surface area (Å²) in [5, 5.41) is 8.98. The van der Waals surface area contributed by atoms with Gasteiger partial charge in [0.1, 0.15) is 23.4 Å². The minimum Gasteiger partial charge on any atom is -0.472 e. The van der Waals surface area contributed by atoms with Gasteiger partial charge in [-0.15, -0.1) is 0 Å². The van der Waals surface area contributed by atoms with Gasteiger partial charge in [0, 0.05) is 42.2 Å². The van der Waals surface area contributed by atoms with Crippen molar-refractivity contribution in [3.63, 3.8) is 0 Å². The molecule has 0 aromatic carbocycles. The minimum absolute atomic E-state index is 0.0650. The van der Waals surface area contributed by atoms with E-state index in [1.807, 2.05) is 17.7 Å². The number of aryl methyl sites for hydroxylation is 1. The van der Waals surface area contributed by atoms with Gasteiger partial charge in [0.05, 0.1) is 17.8 Å². The number of aromatic nitrogens is 5. The number of fused-ring (bicyclic) bond motifs is 1. The summed E-state index contributed by atoms with van der Waals surface area (Å²) in [6, 6.07) is 5.18. The highest BCUT2D eigenvalue weighted by atomic mass is 19.1. The Morgan fingerprint density at radius 2 is 1.91 bits per heavy atom. The van der Waals surface area contributed by atoms with Gasteiger partial charge < -0.3 is 10.1 Å². The fourth-order valence-corrected chi connectivity index (χ4v) is 4.51. The van der Waals surface area contributed by atoms with Gasteiger partial charge in [-0.3, -0.25) is 9.67 Å². The van der Waals surface area contributed by atoms with Crippen molar-refractivity contribution in [3.8, 4) is 17.1 Å². The molecule has 1 fully saturated rings. The molecule has 34 heavy (non-hydrogen) atoms. The third kappa shape index (κ3) is 4.30. The number of nitrogens with one attached hydrogen (secondary N) is 1. The number of hydrogen-bond donors (Lipinski definition) is 1. The number of halogens is 2. The fourth-order valence-electron chi connectivity index (χ4n) is 4.51. The van der Waals surface area contributed by atoms with E-state index in [-0.39, 0.29) is 18.0 Å². The average molecular weight is 465 g/mol. The maximum atomic E-state index is 14.3. The summed E-state index contributed by atoms with van der Waals surface area (Å²) < 4.78 is 36.1. The number of hydrogen-bond acceptors (Lipinski definition) is 6. The first-order valence-electron chi connectivity index (χ1n) is 11.5. The largest absolute Gasteiger partial charge is 0.472 e. The summed E-state index contributed by atoms with van der Waals surface area (Å²) in [6.45, 7) is 4.46. The smallest absolute Gasteiger partial charge is 0.250 e. The number of anilines is 1. The second kappa shape index (κ2) is 9.32. The van der Waals surface area contributed by atoms with Gasteiger partial charge in [0.2, 0.25) is 0 Å². The van der Waals surface area contributed by atoms with E-state index in [2.05, 4.69) is 20.3 Å². The van der Waals surface area contributed by atoms with E-state index in [0.717, 1.165) is 48.9 Å². The molecule has 1 aliphatic rings. The lowest BCUT2D eigenvalue weighted by Gasteiger charge is -2.29. The van der Waals surface area contributed by atoms with E-state index in [1.54, 1.807) is 31.6 Å². The van der Waals surface area contributed by atoms with E-state index in [9.17, 15) is 8.78 Å². The lowest BCUT2D eigenvalue weighted by molar-refractivity contribution is 0.120. The number of pyridine rings is 3. The maximum absolute atomic E-state index is 14.3. The highest BCUT2D eigenvalue weighted by Gasteiger charge is 2.28. The van der Waals surface area contributed by atoms with Gasteiger partial charge in [-0.2, -0.15) is 5.10 Å². The van der Waals surface area contributed by atoms with Crippen molar-refractivity contribution >= 4 is 16.7 Å². The molecule has 5 rings (SSSR count). The second-order valence-electron chi connectivity index (χ2n) is 8.60. The van der Waals surface area contributed by atoms with Crippen LogP contribution in [0, 0.1) is 18.6 Å². The van der Waals surface area contributed by atoms with Crippen LogP contribution in [0.15, 0.2) is 43.0 Å². The monoisotopic (exact) mass is 464 g/mol. The number of ether oxygens (including phenoxy) is 1. The predicted molar refractivity (Wildman–Crippen MR) is 126 cm³/mol. The van der Waals surface area contributed by atoms with Crippen molar-refractivity contribution in [2.24, 2.45) is 0 Å². The van der Waals surface area contributed by atoms with Crippen molar-refractivity contribution in [2.75, 3.05) is 11.9 Å². The van der Waals surface area contributed by atoms with Crippen LogP contribution in [-0.2, 0) is 0 Å². The van der Waals surface area contributed by atoms with Gasteiger partial charge in [-0.05, 0) is 57.2 Å². The van der Waals surface area contributed by atoms with Crippen molar-refractivity contribution < 1.29 is 13.5 Å². The Hall–Kier alpha value is -3.62. The van der Waals surface area contributed by atoms with Gasteiger partial charge >= 0.3 is 0 Å². The summed E-state index contributed by atoms with van der Waals surface area (Å²) in [6.07, 6.45) is 9.16. The van der Waals surface area contributed by atoms with Gasteiger partial charge in [-0.1, -0.05) is 0 Å². The lowest BCUT2D eigenvalue weighted by Crippen LogP contribution is -2.27. The Balaban J connectivity index is 1.43. The first-order chi connectivity index (χ1) is 16.5. The zero-order valence-corrected chi connectivity index (χ0v) is 19.1. The summed E-state index contributed by atoms with van der Waals surface area (Å²) in [7, 11) is 0. The molecule has 1 N–H and O–H groups in total. The van der Waals surface area contributed by atoms with Crippen LogP contribution < -0.4 is 10.1 Å². The first-order valence-corrected chi connectivity index (χ1v) is 11.5. The summed E-state index contributed by atoms with van der Waals surface area (Å²) >= 11 is 0. The first kappa shape index (κ1) is 22.2. The summed E-state index contributed by atoms with van der Waals surface area (Å²) in [5.41, 5.74) is 2.72. The molecule has 176 valence electrons. The minimum atomic E-state index is -0.410. The Bertz CT molecular complexity index is 1320. The molecule has 0 atom stereocenters. The molecule has 0 bridgehead atoms. The molecule has 9 heteroatoms. The van der Waals surface area contributed by atoms with Crippen molar-refractivity contribution in [3.05, 3.63) is 60.2 Å². The molecule has 4 aromatic rings. The maximum Gasteiger partial charge on any atom is 0.250 e. The van der Waals surface area contributed by atoms with E-state index < -0.39 is 11.6 Å². The molecule has 4 aromatic heterocycles. The molecule has 0 saturated heterocycles. The lowest BCUT2D eigenvalue weighted by atomic mass is 9.93. The van der Waals surface area contributed by atoms with Crippen LogP contribution in [0.1, 0.15) is 44.2 Å².